The zero-order valence-electron chi connectivity index (χ0n) is 8.54. The highest BCUT2D eigenvalue weighted by atomic mass is 79.9. The lowest BCUT2D eigenvalue weighted by Crippen LogP contribution is -2.43. The monoisotopic (exact) mass is 270 g/mol. The quantitative estimate of drug-likeness (QED) is 0.856. The maximum absolute atomic E-state index is 10.3. The van der Waals surface area contributed by atoms with Gasteiger partial charge in [0.1, 0.15) is 0 Å². The highest BCUT2D eigenvalue weighted by molar-refractivity contribution is 9.10. The Morgan fingerprint density at radius 2 is 2.20 bits per heavy atom. The molecule has 0 unspecified atom stereocenters. The Labute approximate surface area is 98.0 Å². The van der Waals surface area contributed by atoms with E-state index in [4.69, 9.17) is 0 Å². The van der Waals surface area contributed by atoms with E-state index < -0.39 is 5.60 Å². The molecule has 1 aromatic rings. The SMILES string of the molecule is OC1(Cc2ncccc2Br)CCNCC1. The van der Waals surface area contributed by atoms with E-state index in [0.29, 0.717) is 6.42 Å². The molecule has 0 aromatic carbocycles. The molecular weight excluding hydrogens is 256 g/mol. The zero-order chi connectivity index (χ0) is 10.7. The van der Waals surface area contributed by atoms with Gasteiger partial charge < -0.3 is 10.4 Å². The highest BCUT2D eigenvalue weighted by Gasteiger charge is 2.30. The summed E-state index contributed by atoms with van der Waals surface area (Å²) in [5.41, 5.74) is 0.365. The minimum absolute atomic E-state index is 0.581. The van der Waals surface area contributed by atoms with Gasteiger partial charge in [0.05, 0.1) is 11.3 Å². The molecular formula is C11H15BrN2O. The molecule has 0 atom stereocenters. The van der Waals surface area contributed by atoms with Crippen LogP contribution in [0.25, 0.3) is 0 Å². The molecule has 82 valence electrons. The second kappa shape index (κ2) is 4.60. The number of hydrogen-bond donors (Lipinski definition) is 2. The number of pyridine rings is 1. The van der Waals surface area contributed by atoms with Gasteiger partial charge in [-0.1, -0.05) is 0 Å². The summed E-state index contributed by atoms with van der Waals surface area (Å²) < 4.78 is 0.983. The molecule has 15 heavy (non-hydrogen) atoms. The van der Waals surface area contributed by atoms with Crippen LogP contribution in [-0.2, 0) is 6.42 Å². The normalized spacial score (nSPS) is 20.1. The number of aromatic nitrogens is 1. The van der Waals surface area contributed by atoms with E-state index in [-0.39, 0.29) is 0 Å². The van der Waals surface area contributed by atoms with Crippen LogP contribution in [0.5, 0.6) is 0 Å². The average molecular weight is 271 g/mol. The molecule has 0 bridgehead atoms. The van der Waals surface area contributed by atoms with Crippen molar-refractivity contribution in [3.8, 4) is 0 Å². The number of rotatable bonds is 2. The van der Waals surface area contributed by atoms with Crippen molar-refractivity contribution in [1.29, 1.82) is 0 Å². The smallest absolute Gasteiger partial charge is 0.0727 e. The summed E-state index contributed by atoms with van der Waals surface area (Å²) in [5, 5.41) is 13.6. The van der Waals surface area contributed by atoms with Gasteiger partial charge in [0, 0.05) is 17.1 Å². The van der Waals surface area contributed by atoms with Crippen LogP contribution < -0.4 is 5.32 Å². The van der Waals surface area contributed by atoms with E-state index in [1.165, 1.54) is 0 Å². The van der Waals surface area contributed by atoms with Gasteiger partial charge in [-0.25, -0.2) is 0 Å². The molecule has 0 amide bonds. The highest BCUT2D eigenvalue weighted by Crippen LogP contribution is 2.25. The Balaban J connectivity index is 2.10. The molecule has 2 N–H and O–H groups in total. The fraction of sp³-hybridized carbons (Fsp3) is 0.545. The predicted molar refractivity (Wildman–Crippen MR) is 62.7 cm³/mol. The first kappa shape index (κ1) is 11.0. The molecule has 0 radical (unpaired) electrons. The van der Waals surface area contributed by atoms with Crippen LogP contribution in [0.2, 0.25) is 0 Å². The molecule has 0 aliphatic carbocycles. The van der Waals surface area contributed by atoms with E-state index in [2.05, 4.69) is 26.2 Å². The van der Waals surface area contributed by atoms with E-state index >= 15 is 0 Å². The Bertz CT molecular complexity index is 337. The van der Waals surface area contributed by atoms with Crippen LogP contribution in [0, 0.1) is 0 Å². The van der Waals surface area contributed by atoms with Gasteiger partial charge in [0.2, 0.25) is 0 Å². The number of hydrogen-bond acceptors (Lipinski definition) is 3. The summed E-state index contributed by atoms with van der Waals surface area (Å²) >= 11 is 3.46. The number of nitrogens with zero attached hydrogens (tertiary/aromatic N) is 1. The molecule has 1 saturated heterocycles. The predicted octanol–water partition coefficient (Wildman–Crippen LogP) is 1.50. The van der Waals surface area contributed by atoms with Crippen molar-refractivity contribution in [2.75, 3.05) is 13.1 Å². The lowest BCUT2D eigenvalue weighted by atomic mass is 9.88. The van der Waals surface area contributed by atoms with E-state index in [9.17, 15) is 5.11 Å². The maximum Gasteiger partial charge on any atom is 0.0727 e. The van der Waals surface area contributed by atoms with Crippen LogP contribution in [-0.4, -0.2) is 28.8 Å². The first-order valence-electron chi connectivity index (χ1n) is 5.22. The van der Waals surface area contributed by atoms with Crippen LogP contribution in [0.3, 0.4) is 0 Å². The number of halogens is 1. The van der Waals surface area contributed by atoms with Crippen molar-refractivity contribution < 1.29 is 5.11 Å². The second-order valence-electron chi connectivity index (χ2n) is 4.08. The standard InChI is InChI=1S/C11H15BrN2O/c12-9-2-1-5-14-10(9)8-11(15)3-6-13-7-4-11/h1-2,5,13,15H,3-4,6-8H2. The molecule has 1 aliphatic rings. The van der Waals surface area contributed by atoms with Gasteiger partial charge in [-0.15, -0.1) is 0 Å². The zero-order valence-corrected chi connectivity index (χ0v) is 10.1. The van der Waals surface area contributed by atoms with Crippen LogP contribution in [0.4, 0.5) is 0 Å². The minimum atomic E-state index is -0.581. The molecule has 3 nitrogen and oxygen atoms in total. The molecule has 4 heteroatoms. The Kier molecular flexibility index (Phi) is 3.38. The lowest BCUT2D eigenvalue weighted by molar-refractivity contribution is 0.00987. The summed E-state index contributed by atoms with van der Waals surface area (Å²) in [4.78, 5) is 4.29. The molecule has 1 aromatic heterocycles. The Morgan fingerprint density at radius 1 is 1.47 bits per heavy atom. The van der Waals surface area contributed by atoms with Crippen LogP contribution >= 0.6 is 15.9 Å². The third-order valence-corrected chi connectivity index (χ3v) is 3.59. The summed E-state index contributed by atoms with van der Waals surface area (Å²) in [6.07, 6.45) is 4.01. The second-order valence-corrected chi connectivity index (χ2v) is 4.94. The van der Waals surface area contributed by atoms with E-state index in [0.717, 1.165) is 36.1 Å². The van der Waals surface area contributed by atoms with Crippen molar-refractivity contribution >= 4 is 15.9 Å². The van der Waals surface area contributed by atoms with Gasteiger partial charge >= 0.3 is 0 Å². The van der Waals surface area contributed by atoms with Crippen LogP contribution in [0.15, 0.2) is 22.8 Å². The largest absolute Gasteiger partial charge is 0.389 e. The molecule has 2 rings (SSSR count). The molecule has 1 aliphatic heterocycles. The fourth-order valence-electron chi connectivity index (χ4n) is 1.93. The Hall–Kier alpha value is -0.450. The van der Waals surface area contributed by atoms with Crippen LogP contribution in [0.1, 0.15) is 18.5 Å². The average Bonchev–Trinajstić information content (AvgIpc) is 2.22. The van der Waals surface area contributed by atoms with Gasteiger partial charge in [-0.05, 0) is 54.0 Å². The number of aliphatic hydroxyl groups is 1. The van der Waals surface area contributed by atoms with Crippen molar-refractivity contribution in [1.82, 2.24) is 10.3 Å². The fourth-order valence-corrected chi connectivity index (χ4v) is 2.32. The topological polar surface area (TPSA) is 45.2 Å². The first-order valence-corrected chi connectivity index (χ1v) is 6.01. The van der Waals surface area contributed by atoms with Crippen molar-refractivity contribution in [2.24, 2.45) is 0 Å². The lowest BCUT2D eigenvalue weighted by Gasteiger charge is -2.32. The van der Waals surface area contributed by atoms with Gasteiger partial charge in [-0.3, -0.25) is 4.98 Å². The molecule has 0 spiro atoms. The van der Waals surface area contributed by atoms with E-state index in [1.807, 2.05) is 12.1 Å². The van der Waals surface area contributed by atoms with Crippen molar-refractivity contribution in [3.05, 3.63) is 28.5 Å². The minimum Gasteiger partial charge on any atom is -0.389 e. The number of piperidine rings is 1. The summed E-state index contributed by atoms with van der Waals surface area (Å²) in [7, 11) is 0. The van der Waals surface area contributed by atoms with Gasteiger partial charge in [0.15, 0.2) is 0 Å². The van der Waals surface area contributed by atoms with E-state index in [1.54, 1.807) is 6.20 Å². The third-order valence-electron chi connectivity index (χ3n) is 2.87. The molecule has 0 saturated carbocycles. The van der Waals surface area contributed by atoms with Crippen molar-refractivity contribution in [2.45, 2.75) is 24.9 Å². The maximum atomic E-state index is 10.3. The van der Waals surface area contributed by atoms with Gasteiger partial charge in [0.25, 0.3) is 0 Å². The van der Waals surface area contributed by atoms with Crippen molar-refractivity contribution in [3.63, 3.8) is 0 Å². The Morgan fingerprint density at radius 3 is 2.87 bits per heavy atom. The number of nitrogens with one attached hydrogen (secondary N) is 1. The molecule has 1 fully saturated rings. The first-order chi connectivity index (χ1) is 7.20. The van der Waals surface area contributed by atoms with Gasteiger partial charge in [-0.2, -0.15) is 0 Å². The summed E-state index contributed by atoms with van der Waals surface area (Å²) in [5.74, 6) is 0. The third kappa shape index (κ3) is 2.77. The molecule has 2 heterocycles. The summed E-state index contributed by atoms with van der Waals surface area (Å²) in [6, 6.07) is 3.85. The summed E-state index contributed by atoms with van der Waals surface area (Å²) in [6.45, 7) is 1.78.